The van der Waals surface area contributed by atoms with E-state index in [0.29, 0.717) is 35.9 Å². The van der Waals surface area contributed by atoms with Gasteiger partial charge >= 0.3 is 6.16 Å². The molecule has 0 saturated heterocycles. The summed E-state index contributed by atoms with van der Waals surface area (Å²) in [5.41, 5.74) is 2.61. The van der Waals surface area contributed by atoms with E-state index in [-0.39, 0.29) is 5.41 Å². The molecule has 4 nitrogen and oxygen atoms in total. The number of fused-ring (bicyclic) bond motifs is 5. The monoisotopic (exact) mass is 342 g/mol. The first-order valence-electron chi connectivity index (χ1n) is 9.53. The van der Waals surface area contributed by atoms with E-state index in [1.54, 1.807) is 6.92 Å². The van der Waals surface area contributed by atoms with Crippen molar-refractivity contribution in [2.24, 2.45) is 17.3 Å². The summed E-state index contributed by atoms with van der Waals surface area (Å²) in [6, 6.07) is 6.00. The van der Waals surface area contributed by atoms with Crippen molar-refractivity contribution in [3.05, 3.63) is 29.3 Å². The lowest BCUT2D eigenvalue weighted by atomic mass is 9.55. The van der Waals surface area contributed by atoms with Crippen LogP contribution in [0.15, 0.2) is 18.2 Å². The van der Waals surface area contributed by atoms with Gasteiger partial charge in [0.2, 0.25) is 0 Å². The van der Waals surface area contributed by atoms with Gasteiger partial charge in [-0.1, -0.05) is 13.0 Å². The Morgan fingerprint density at radius 3 is 2.88 bits per heavy atom. The molecule has 0 heterocycles. The predicted octanol–water partition coefficient (Wildman–Crippen LogP) is 4.65. The summed E-state index contributed by atoms with van der Waals surface area (Å²) in [6.07, 6.45) is 5.42. The molecular formula is C21H26O4. The van der Waals surface area contributed by atoms with E-state index < -0.39 is 6.16 Å². The second kappa shape index (κ2) is 6.15. The fourth-order valence-electron chi connectivity index (χ4n) is 5.64. The lowest BCUT2D eigenvalue weighted by Crippen LogP contribution is -2.42. The highest BCUT2D eigenvalue weighted by Gasteiger charge is 2.54. The number of Topliss-reactive ketones (excluding diaryl/α,β-unsaturated/α-hetero) is 1. The molecule has 4 atom stereocenters. The Labute approximate surface area is 148 Å². The summed E-state index contributed by atoms with van der Waals surface area (Å²) < 4.78 is 10.1. The van der Waals surface area contributed by atoms with Crippen LogP contribution in [-0.4, -0.2) is 18.5 Å². The van der Waals surface area contributed by atoms with Crippen molar-refractivity contribution in [3.8, 4) is 5.75 Å². The zero-order chi connectivity index (χ0) is 17.6. The van der Waals surface area contributed by atoms with E-state index in [0.717, 1.165) is 38.5 Å². The van der Waals surface area contributed by atoms with Gasteiger partial charge < -0.3 is 9.47 Å². The Balaban J connectivity index is 1.57. The molecule has 1 aromatic rings. The first-order valence-corrected chi connectivity index (χ1v) is 9.53. The molecule has 4 rings (SSSR count). The maximum absolute atomic E-state index is 12.4. The van der Waals surface area contributed by atoms with Gasteiger partial charge in [-0.25, -0.2) is 4.79 Å². The Morgan fingerprint density at radius 1 is 1.24 bits per heavy atom. The highest BCUT2D eigenvalue weighted by molar-refractivity contribution is 5.87. The number of ether oxygens (including phenoxy) is 2. The fourth-order valence-corrected chi connectivity index (χ4v) is 5.64. The van der Waals surface area contributed by atoms with Crippen molar-refractivity contribution in [1.82, 2.24) is 0 Å². The van der Waals surface area contributed by atoms with E-state index in [4.69, 9.17) is 9.47 Å². The van der Waals surface area contributed by atoms with Crippen molar-refractivity contribution in [2.75, 3.05) is 6.61 Å². The molecule has 2 fully saturated rings. The second-order valence-electron chi connectivity index (χ2n) is 7.98. The molecule has 0 N–H and O–H groups in total. The first kappa shape index (κ1) is 16.6. The standard InChI is InChI=1S/C21H26O4/c1-3-24-20(23)25-14-5-7-15-13(12-14)4-6-17-16(15)10-11-21(2)18(17)8-9-19(21)22/h5,7,12,16-18H,3-4,6,8-11H2,1-2H3/t16-,17-,18-,21+/m1/s1. The number of hydrogen-bond donors (Lipinski definition) is 0. The van der Waals surface area contributed by atoms with Gasteiger partial charge in [0.1, 0.15) is 11.5 Å². The summed E-state index contributed by atoms with van der Waals surface area (Å²) in [6.45, 7) is 4.28. The molecule has 3 aliphatic rings. The SMILES string of the molecule is CCOC(=O)Oc1ccc2c(c1)CC[C@@H]1[C@@H]2CC[C@]2(C)C(=O)CC[C@H]12. The lowest BCUT2D eigenvalue weighted by molar-refractivity contribution is -0.129. The maximum atomic E-state index is 12.4. The van der Waals surface area contributed by atoms with Gasteiger partial charge in [-0.05, 0) is 80.0 Å². The average Bonchev–Trinajstić information content (AvgIpc) is 2.90. The van der Waals surface area contributed by atoms with E-state index in [1.807, 2.05) is 12.1 Å². The first-order chi connectivity index (χ1) is 12.0. The molecule has 1 aromatic carbocycles. The van der Waals surface area contributed by atoms with Gasteiger partial charge in [0.25, 0.3) is 0 Å². The van der Waals surface area contributed by atoms with E-state index >= 15 is 0 Å². The van der Waals surface area contributed by atoms with Crippen molar-refractivity contribution in [2.45, 2.75) is 58.3 Å². The minimum atomic E-state index is -0.644. The summed E-state index contributed by atoms with van der Waals surface area (Å²) in [5, 5.41) is 0. The van der Waals surface area contributed by atoms with Gasteiger partial charge in [-0.3, -0.25) is 4.79 Å². The van der Waals surface area contributed by atoms with Crippen LogP contribution in [0.4, 0.5) is 4.79 Å². The van der Waals surface area contributed by atoms with E-state index in [9.17, 15) is 9.59 Å². The Bertz CT molecular complexity index is 710. The van der Waals surface area contributed by atoms with Crippen molar-refractivity contribution >= 4 is 11.9 Å². The number of ketones is 1. The van der Waals surface area contributed by atoms with Crippen LogP contribution in [0, 0.1) is 17.3 Å². The molecule has 4 heteroatoms. The highest BCUT2D eigenvalue weighted by Crippen LogP contribution is 2.59. The molecular weight excluding hydrogens is 316 g/mol. The van der Waals surface area contributed by atoms with Crippen LogP contribution in [0.3, 0.4) is 0 Å². The van der Waals surface area contributed by atoms with Gasteiger partial charge in [-0.15, -0.1) is 0 Å². The predicted molar refractivity (Wildman–Crippen MR) is 93.7 cm³/mol. The fraction of sp³-hybridized carbons (Fsp3) is 0.619. The molecule has 2 saturated carbocycles. The van der Waals surface area contributed by atoms with E-state index in [1.165, 1.54) is 11.1 Å². The van der Waals surface area contributed by atoms with Crippen molar-refractivity contribution in [3.63, 3.8) is 0 Å². The zero-order valence-corrected chi connectivity index (χ0v) is 15.0. The molecule has 0 spiro atoms. The molecule has 0 aromatic heterocycles. The average molecular weight is 342 g/mol. The van der Waals surface area contributed by atoms with Crippen LogP contribution in [0.25, 0.3) is 0 Å². The highest BCUT2D eigenvalue weighted by atomic mass is 16.7. The van der Waals surface area contributed by atoms with Crippen molar-refractivity contribution in [1.29, 1.82) is 0 Å². The van der Waals surface area contributed by atoms with Crippen LogP contribution >= 0.6 is 0 Å². The third-order valence-corrected chi connectivity index (χ3v) is 6.87. The summed E-state index contributed by atoms with van der Waals surface area (Å²) in [4.78, 5) is 23.9. The van der Waals surface area contributed by atoms with Gasteiger partial charge in [0.15, 0.2) is 0 Å². The number of hydrogen-bond acceptors (Lipinski definition) is 4. The molecule has 0 amide bonds. The molecule has 0 aliphatic heterocycles. The van der Waals surface area contributed by atoms with Crippen LogP contribution in [0.1, 0.15) is 63.0 Å². The number of benzene rings is 1. The molecule has 3 aliphatic carbocycles. The lowest BCUT2D eigenvalue weighted by Gasteiger charge is -2.48. The Morgan fingerprint density at radius 2 is 2.08 bits per heavy atom. The summed E-state index contributed by atoms with van der Waals surface area (Å²) in [7, 11) is 0. The van der Waals surface area contributed by atoms with Gasteiger partial charge in [0, 0.05) is 11.8 Å². The quantitative estimate of drug-likeness (QED) is 0.580. The third-order valence-electron chi connectivity index (χ3n) is 6.87. The number of carbonyl (C=O) groups excluding carboxylic acids is 2. The molecule has 134 valence electrons. The minimum Gasteiger partial charge on any atom is -0.434 e. The third kappa shape index (κ3) is 2.66. The van der Waals surface area contributed by atoms with Crippen LogP contribution < -0.4 is 4.74 Å². The minimum absolute atomic E-state index is 0.0777. The maximum Gasteiger partial charge on any atom is 0.513 e. The summed E-state index contributed by atoms with van der Waals surface area (Å²) >= 11 is 0. The van der Waals surface area contributed by atoms with Gasteiger partial charge in [0.05, 0.1) is 6.61 Å². The van der Waals surface area contributed by atoms with Crippen LogP contribution in [0.2, 0.25) is 0 Å². The number of rotatable bonds is 2. The normalized spacial score (nSPS) is 33.2. The smallest absolute Gasteiger partial charge is 0.434 e. The zero-order valence-electron chi connectivity index (χ0n) is 15.0. The van der Waals surface area contributed by atoms with Crippen LogP contribution in [-0.2, 0) is 16.0 Å². The van der Waals surface area contributed by atoms with E-state index in [2.05, 4.69) is 13.0 Å². The topological polar surface area (TPSA) is 52.6 Å². The van der Waals surface area contributed by atoms with Gasteiger partial charge in [-0.2, -0.15) is 0 Å². The second-order valence-corrected chi connectivity index (χ2v) is 7.98. The molecule has 0 radical (unpaired) electrons. The van der Waals surface area contributed by atoms with Crippen LogP contribution in [0.5, 0.6) is 5.75 Å². The Hall–Kier alpha value is -1.84. The Kier molecular flexibility index (Phi) is 4.09. The summed E-state index contributed by atoms with van der Waals surface area (Å²) in [5.74, 6) is 2.76. The number of carbonyl (C=O) groups is 2. The number of aryl methyl sites for hydroxylation is 1. The molecule has 0 unspecified atom stereocenters. The largest absolute Gasteiger partial charge is 0.513 e. The van der Waals surface area contributed by atoms with Crippen molar-refractivity contribution < 1.29 is 19.1 Å². The molecule has 25 heavy (non-hydrogen) atoms. The molecule has 0 bridgehead atoms.